The van der Waals surface area contributed by atoms with E-state index in [0.29, 0.717) is 6.42 Å². The monoisotopic (exact) mass is 255 g/mol. The summed E-state index contributed by atoms with van der Waals surface area (Å²) in [6.07, 6.45) is 4.76. The van der Waals surface area contributed by atoms with Gasteiger partial charge in [0.05, 0.1) is 5.54 Å². The Morgan fingerprint density at radius 3 is 2.28 bits per heavy atom. The van der Waals surface area contributed by atoms with Crippen LogP contribution in [-0.4, -0.2) is 23.5 Å². The number of hydrogen-bond donors (Lipinski definition) is 1. The van der Waals surface area contributed by atoms with E-state index in [1.54, 1.807) is 27.7 Å². The molecule has 0 saturated heterocycles. The summed E-state index contributed by atoms with van der Waals surface area (Å²) in [4.78, 5) is 22.7. The minimum absolute atomic E-state index is 0.291. The Hall–Kier alpha value is -1.32. The number of alkyl carbamates (subject to hydrolysis) is 1. The molecule has 4 heteroatoms. The molecule has 0 fully saturated rings. The van der Waals surface area contributed by atoms with Gasteiger partial charge in [0.25, 0.3) is 0 Å². The predicted molar refractivity (Wildman–Crippen MR) is 72.4 cm³/mol. The van der Waals surface area contributed by atoms with Crippen molar-refractivity contribution in [2.24, 2.45) is 5.92 Å². The summed E-state index contributed by atoms with van der Waals surface area (Å²) in [5.41, 5.74) is -1.17. The zero-order valence-corrected chi connectivity index (χ0v) is 12.2. The molecule has 1 N–H and O–H groups in total. The Morgan fingerprint density at radius 2 is 1.89 bits per heavy atom. The quantitative estimate of drug-likeness (QED) is 0.606. The first kappa shape index (κ1) is 16.7. The first-order chi connectivity index (χ1) is 8.14. The molecular formula is C14H25NO3. The van der Waals surface area contributed by atoms with Crippen LogP contribution in [0.25, 0.3) is 0 Å². The smallest absolute Gasteiger partial charge is 0.408 e. The van der Waals surface area contributed by atoms with E-state index in [9.17, 15) is 9.59 Å². The zero-order valence-electron chi connectivity index (χ0n) is 12.2. The van der Waals surface area contributed by atoms with Gasteiger partial charge in [-0.05, 0) is 41.0 Å². The van der Waals surface area contributed by atoms with E-state index in [1.165, 1.54) is 0 Å². The second-order valence-electron chi connectivity index (χ2n) is 5.74. The number of hydrogen-bond acceptors (Lipinski definition) is 3. The highest BCUT2D eigenvalue weighted by Crippen LogP contribution is 2.21. The molecule has 0 radical (unpaired) electrons. The largest absolute Gasteiger partial charge is 0.444 e. The molecule has 0 saturated carbocycles. The van der Waals surface area contributed by atoms with E-state index < -0.39 is 17.2 Å². The van der Waals surface area contributed by atoms with Crippen LogP contribution in [-0.2, 0) is 9.53 Å². The second-order valence-corrected chi connectivity index (χ2v) is 5.74. The second kappa shape index (κ2) is 6.57. The Labute approximate surface area is 110 Å². The third-order valence-electron chi connectivity index (χ3n) is 2.77. The number of amides is 1. The predicted octanol–water partition coefficient (Wildman–Crippen LogP) is 3.07. The van der Waals surface area contributed by atoms with Crippen molar-refractivity contribution in [2.75, 3.05) is 0 Å². The Bertz CT molecular complexity index is 317. The van der Waals surface area contributed by atoms with Crippen molar-refractivity contribution in [3.63, 3.8) is 0 Å². The van der Waals surface area contributed by atoms with Crippen molar-refractivity contribution in [3.8, 4) is 0 Å². The number of allylic oxidation sites excluding steroid dienone is 1. The summed E-state index contributed by atoms with van der Waals surface area (Å²) in [7, 11) is 0. The molecule has 104 valence electrons. The van der Waals surface area contributed by atoms with Crippen molar-refractivity contribution in [1.29, 1.82) is 0 Å². The molecule has 0 heterocycles. The van der Waals surface area contributed by atoms with Crippen molar-refractivity contribution in [3.05, 3.63) is 12.2 Å². The number of nitrogens with one attached hydrogen (secondary N) is 1. The maximum atomic E-state index is 11.8. The summed E-state index contributed by atoms with van der Waals surface area (Å²) in [6, 6.07) is 0. The van der Waals surface area contributed by atoms with Crippen LogP contribution < -0.4 is 5.32 Å². The Balaban J connectivity index is 4.79. The fraction of sp³-hybridized carbons (Fsp3) is 0.714. The van der Waals surface area contributed by atoms with Gasteiger partial charge in [-0.15, -0.1) is 0 Å². The zero-order chi connectivity index (χ0) is 14.4. The first-order valence-corrected chi connectivity index (χ1v) is 6.22. The summed E-state index contributed by atoms with van der Waals surface area (Å²) in [5.74, 6) is -0.291. The standard InChI is InChI=1S/C14H25NO3/c1-7-8-9-14(6,11(2)10-16)15-12(17)18-13(3,4)5/h7-8,10-11H,9H2,1-6H3,(H,15,17)/t11?,14-/m0/s1. The third-order valence-corrected chi connectivity index (χ3v) is 2.77. The summed E-state index contributed by atoms with van der Waals surface area (Å²) < 4.78 is 5.22. The minimum Gasteiger partial charge on any atom is -0.444 e. The van der Waals surface area contributed by atoms with Gasteiger partial charge in [-0.1, -0.05) is 19.1 Å². The summed E-state index contributed by atoms with van der Waals surface area (Å²) in [6.45, 7) is 10.9. The van der Waals surface area contributed by atoms with Gasteiger partial charge in [-0.25, -0.2) is 4.79 Å². The number of ether oxygens (including phenoxy) is 1. The molecule has 0 rings (SSSR count). The van der Waals surface area contributed by atoms with E-state index >= 15 is 0 Å². The molecule has 1 amide bonds. The highest BCUT2D eigenvalue weighted by molar-refractivity contribution is 5.70. The molecule has 0 aromatic carbocycles. The molecule has 2 atom stereocenters. The molecule has 0 aliphatic carbocycles. The van der Waals surface area contributed by atoms with Gasteiger partial charge in [0.2, 0.25) is 0 Å². The van der Waals surface area contributed by atoms with Crippen LogP contribution in [0.1, 0.15) is 48.0 Å². The maximum Gasteiger partial charge on any atom is 0.408 e. The molecule has 0 aromatic heterocycles. The number of carbonyl (C=O) groups is 2. The summed E-state index contributed by atoms with van der Waals surface area (Å²) >= 11 is 0. The van der Waals surface area contributed by atoms with E-state index in [1.807, 2.05) is 26.0 Å². The van der Waals surface area contributed by atoms with Crippen molar-refractivity contribution >= 4 is 12.4 Å². The normalized spacial score (nSPS) is 17.0. The highest BCUT2D eigenvalue weighted by atomic mass is 16.6. The van der Waals surface area contributed by atoms with Crippen LogP contribution in [0, 0.1) is 5.92 Å². The average Bonchev–Trinajstić information content (AvgIpc) is 2.22. The lowest BCUT2D eigenvalue weighted by Gasteiger charge is -2.34. The van der Waals surface area contributed by atoms with Crippen molar-refractivity contribution in [2.45, 2.75) is 59.1 Å². The molecule has 0 aromatic rings. The van der Waals surface area contributed by atoms with Crippen LogP contribution in [0.15, 0.2) is 12.2 Å². The van der Waals surface area contributed by atoms with Gasteiger partial charge in [-0.2, -0.15) is 0 Å². The molecular weight excluding hydrogens is 230 g/mol. The van der Waals surface area contributed by atoms with Crippen LogP contribution in [0.5, 0.6) is 0 Å². The number of aldehydes is 1. The molecule has 0 spiro atoms. The van der Waals surface area contributed by atoms with E-state index in [-0.39, 0.29) is 5.92 Å². The lowest BCUT2D eigenvalue weighted by molar-refractivity contribution is -0.112. The van der Waals surface area contributed by atoms with Gasteiger partial charge >= 0.3 is 6.09 Å². The lowest BCUT2D eigenvalue weighted by Crippen LogP contribution is -2.52. The third kappa shape index (κ3) is 5.84. The van der Waals surface area contributed by atoms with Crippen LogP contribution >= 0.6 is 0 Å². The fourth-order valence-corrected chi connectivity index (χ4v) is 1.40. The van der Waals surface area contributed by atoms with Crippen molar-refractivity contribution in [1.82, 2.24) is 5.32 Å². The molecule has 0 bridgehead atoms. The Kier molecular flexibility index (Phi) is 6.09. The van der Waals surface area contributed by atoms with E-state index in [4.69, 9.17) is 4.74 Å². The van der Waals surface area contributed by atoms with Crippen LogP contribution in [0.3, 0.4) is 0 Å². The van der Waals surface area contributed by atoms with Crippen molar-refractivity contribution < 1.29 is 14.3 Å². The van der Waals surface area contributed by atoms with Crippen LogP contribution in [0.4, 0.5) is 4.79 Å². The fourth-order valence-electron chi connectivity index (χ4n) is 1.40. The average molecular weight is 255 g/mol. The van der Waals surface area contributed by atoms with Gasteiger partial charge < -0.3 is 14.8 Å². The van der Waals surface area contributed by atoms with Gasteiger partial charge in [0.15, 0.2) is 0 Å². The van der Waals surface area contributed by atoms with Gasteiger partial charge in [0.1, 0.15) is 11.9 Å². The molecule has 0 aliphatic heterocycles. The molecule has 18 heavy (non-hydrogen) atoms. The minimum atomic E-state index is -0.628. The first-order valence-electron chi connectivity index (χ1n) is 6.22. The summed E-state index contributed by atoms with van der Waals surface area (Å²) in [5, 5.41) is 2.79. The number of carbonyl (C=O) groups excluding carboxylic acids is 2. The van der Waals surface area contributed by atoms with Crippen LogP contribution in [0.2, 0.25) is 0 Å². The topological polar surface area (TPSA) is 55.4 Å². The maximum absolute atomic E-state index is 11.8. The van der Waals surface area contributed by atoms with Gasteiger partial charge in [-0.3, -0.25) is 0 Å². The molecule has 4 nitrogen and oxygen atoms in total. The number of rotatable bonds is 5. The Morgan fingerprint density at radius 1 is 1.33 bits per heavy atom. The molecule has 1 unspecified atom stereocenters. The highest BCUT2D eigenvalue weighted by Gasteiger charge is 2.33. The molecule has 0 aliphatic rings. The SMILES string of the molecule is CC=CC[C@](C)(NC(=O)OC(C)(C)C)C(C)C=O. The van der Waals surface area contributed by atoms with E-state index in [2.05, 4.69) is 5.32 Å². The lowest BCUT2D eigenvalue weighted by atomic mass is 9.85. The van der Waals surface area contributed by atoms with Gasteiger partial charge in [0, 0.05) is 5.92 Å². The van der Waals surface area contributed by atoms with E-state index in [0.717, 1.165) is 6.29 Å².